The van der Waals surface area contributed by atoms with Crippen molar-refractivity contribution in [3.8, 4) is 5.75 Å². The SMILES string of the molecule is CCC(CC)(c1ccc2c(c1)C(C)CO2)c1ccc(C(=O)O)o1. The summed E-state index contributed by atoms with van der Waals surface area (Å²) in [5.41, 5.74) is 2.06. The first-order valence-corrected chi connectivity index (χ1v) is 8.12. The fourth-order valence-corrected chi connectivity index (χ4v) is 3.53. The fraction of sp³-hybridized carbons (Fsp3) is 0.421. The summed E-state index contributed by atoms with van der Waals surface area (Å²) in [6.45, 7) is 7.10. The number of aromatic carboxylic acids is 1. The molecular weight excluding hydrogens is 292 g/mol. The molecule has 122 valence electrons. The van der Waals surface area contributed by atoms with E-state index in [4.69, 9.17) is 14.3 Å². The minimum absolute atomic E-state index is 0.0101. The molecule has 2 heterocycles. The molecule has 23 heavy (non-hydrogen) atoms. The lowest BCUT2D eigenvalue weighted by Crippen LogP contribution is -2.25. The molecule has 1 unspecified atom stereocenters. The standard InChI is InChI=1S/C19H22O4/c1-4-19(5-2,17-9-8-16(23-17)18(20)21)13-6-7-15-14(10-13)12(3)11-22-15/h6-10,12H,4-5,11H2,1-3H3,(H,20,21). The lowest BCUT2D eigenvalue weighted by Gasteiger charge is -2.30. The van der Waals surface area contributed by atoms with Crippen molar-refractivity contribution in [1.29, 1.82) is 0 Å². The van der Waals surface area contributed by atoms with E-state index in [9.17, 15) is 4.79 Å². The summed E-state index contributed by atoms with van der Waals surface area (Å²) in [6.07, 6.45) is 1.67. The van der Waals surface area contributed by atoms with Crippen LogP contribution < -0.4 is 4.74 Å². The Morgan fingerprint density at radius 1 is 1.26 bits per heavy atom. The van der Waals surface area contributed by atoms with Crippen molar-refractivity contribution in [2.75, 3.05) is 6.61 Å². The lowest BCUT2D eigenvalue weighted by molar-refractivity contribution is 0.0658. The maximum atomic E-state index is 11.1. The summed E-state index contributed by atoms with van der Waals surface area (Å²) in [7, 11) is 0. The van der Waals surface area contributed by atoms with Crippen molar-refractivity contribution in [2.24, 2.45) is 0 Å². The number of ether oxygens (including phenoxy) is 1. The van der Waals surface area contributed by atoms with Crippen molar-refractivity contribution in [3.63, 3.8) is 0 Å². The smallest absolute Gasteiger partial charge is 0.371 e. The Kier molecular flexibility index (Phi) is 3.92. The van der Waals surface area contributed by atoms with Crippen LogP contribution in [0.5, 0.6) is 5.75 Å². The highest BCUT2D eigenvalue weighted by Crippen LogP contribution is 2.43. The molecule has 4 heteroatoms. The van der Waals surface area contributed by atoms with E-state index in [1.54, 1.807) is 6.07 Å². The monoisotopic (exact) mass is 314 g/mol. The number of benzene rings is 1. The molecule has 0 radical (unpaired) electrons. The van der Waals surface area contributed by atoms with E-state index in [0.717, 1.165) is 24.2 Å². The van der Waals surface area contributed by atoms with Crippen LogP contribution in [0.1, 0.15) is 67.0 Å². The third kappa shape index (κ3) is 2.42. The molecule has 0 aliphatic carbocycles. The van der Waals surface area contributed by atoms with Gasteiger partial charge < -0.3 is 14.3 Å². The van der Waals surface area contributed by atoms with Crippen LogP contribution in [0.2, 0.25) is 0 Å². The molecule has 0 fully saturated rings. The summed E-state index contributed by atoms with van der Waals surface area (Å²) < 4.78 is 11.3. The Hall–Kier alpha value is -2.23. The van der Waals surface area contributed by atoms with E-state index < -0.39 is 5.97 Å². The fourth-order valence-electron chi connectivity index (χ4n) is 3.53. The van der Waals surface area contributed by atoms with Crippen molar-refractivity contribution < 1.29 is 19.1 Å². The Bertz CT molecular complexity index is 725. The molecule has 1 aromatic heterocycles. The summed E-state index contributed by atoms with van der Waals surface area (Å²) >= 11 is 0. The quantitative estimate of drug-likeness (QED) is 0.877. The number of furan rings is 1. The molecule has 1 atom stereocenters. The Balaban J connectivity index is 2.10. The molecule has 1 aliphatic heterocycles. The molecule has 0 bridgehead atoms. The van der Waals surface area contributed by atoms with Crippen LogP contribution in [-0.4, -0.2) is 17.7 Å². The molecular formula is C19H22O4. The number of hydrogen-bond acceptors (Lipinski definition) is 3. The van der Waals surface area contributed by atoms with E-state index in [2.05, 4.69) is 32.9 Å². The number of carboxylic acid groups (broad SMARTS) is 1. The van der Waals surface area contributed by atoms with Gasteiger partial charge in [0.2, 0.25) is 5.76 Å². The third-order valence-electron chi connectivity index (χ3n) is 5.08. The maximum absolute atomic E-state index is 11.1. The van der Waals surface area contributed by atoms with Crippen LogP contribution in [0.15, 0.2) is 34.7 Å². The third-order valence-corrected chi connectivity index (χ3v) is 5.08. The maximum Gasteiger partial charge on any atom is 0.371 e. The van der Waals surface area contributed by atoms with E-state index in [1.807, 2.05) is 6.07 Å². The molecule has 0 saturated carbocycles. The topological polar surface area (TPSA) is 59.7 Å². The lowest BCUT2D eigenvalue weighted by atomic mass is 9.73. The van der Waals surface area contributed by atoms with Crippen molar-refractivity contribution >= 4 is 5.97 Å². The number of rotatable bonds is 5. The van der Waals surface area contributed by atoms with Gasteiger partial charge in [0.05, 0.1) is 12.0 Å². The molecule has 0 saturated heterocycles. The molecule has 1 aromatic carbocycles. The minimum Gasteiger partial charge on any atom is -0.493 e. The van der Waals surface area contributed by atoms with Crippen LogP contribution in [0.25, 0.3) is 0 Å². The van der Waals surface area contributed by atoms with Crippen LogP contribution in [0.4, 0.5) is 0 Å². The highest BCUT2D eigenvalue weighted by Gasteiger charge is 2.36. The van der Waals surface area contributed by atoms with Gasteiger partial charge in [-0.3, -0.25) is 0 Å². The van der Waals surface area contributed by atoms with Crippen molar-refractivity contribution in [3.05, 3.63) is 53.0 Å². The van der Waals surface area contributed by atoms with Gasteiger partial charge in [-0.05, 0) is 36.6 Å². The molecule has 3 rings (SSSR count). The Labute approximate surface area is 136 Å². The minimum atomic E-state index is -1.03. The van der Waals surface area contributed by atoms with Gasteiger partial charge in [-0.1, -0.05) is 32.9 Å². The first kappa shape index (κ1) is 15.7. The first-order chi connectivity index (χ1) is 11.0. The van der Waals surface area contributed by atoms with E-state index in [1.165, 1.54) is 11.6 Å². The largest absolute Gasteiger partial charge is 0.493 e. The average molecular weight is 314 g/mol. The summed E-state index contributed by atoms with van der Waals surface area (Å²) in [5.74, 6) is 0.999. The van der Waals surface area contributed by atoms with Gasteiger partial charge >= 0.3 is 5.97 Å². The molecule has 2 aromatic rings. The van der Waals surface area contributed by atoms with Gasteiger partial charge in [-0.15, -0.1) is 0 Å². The highest BCUT2D eigenvalue weighted by molar-refractivity contribution is 5.84. The van der Waals surface area contributed by atoms with E-state index >= 15 is 0 Å². The summed E-state index contributed by atoms with van der Waals surface area (Å²) in [6, 6.07) is 9.63. The number of carboxylic acids is 1. The second-order valence-electron chi connectivity index (χ2n) is 6.22. The average Bonchev–Trinajstić information content (AvgIpc) is 3.18. The van der Waals surface area contributed by atoms with Crippen LogP contribution >= 0.6 is 0 Å². The normalized spacial score (nSPS) is 16.9. The van der Waals surface area contributed by atoms with Gasteiger partial charge in [-0.25, -0.2) is 4.79 Å². The second-order valence-corrected chi connectivity index (χ2v) is 6.22. The zero-order chi connectivity index (χ0) is 16.6. The molecule has 0 amide bonds. The zero-order valence-corrected chi connectivity index (χ0v) is 13.8. The zero-order valence-electron chi connectivity index (χ0n) is 13.8. The van der Waals surface area contributed by atoms with E-state index in [0.29, 0.717) is 18.3 Å². The predicted molar refractivity (Wildman–Crippen MR) is 87.4 cm³/mol. The van der Waals surface area contributed by atoms with Crippen LogP contribution in [-0.2, 0) is 5.41 Å². The highest BCUT2D eigenvalue weighted by atomic mass is 16.5. The van der Waals surface area contributed by atoms with Crippen LogP contribution in [0.3, 0.4) is 0 Å². The van der Waals surface area contributed by atoms with Gasteiger partial charge in [0.25, 0.3) is 0 Å². The number of carbonyl (C=O) groups is 1. The van der Waals surface area contributed by atoms with E-state index in [-0.39, 0.29) is 11.2 Å². The molecule has 0 spiro atoms. The van der Waals surface area contributed by atoms with Gasteiger partial charge in [0.1, 0.15) is 11.5 Å². The van der Waals surface area contributed by atoms with Gasteiger partial charge in [0, 0.05) is 11.5 Å². The predicted octanol–water partition coefficient (Wildman–Crippen LogP) is 4.58. The van der Waals surface area contributed by atoms with Crippen molar-refractivity contribution in [1.82, 2.24) is 0 Å². The van der Waals surface area contributed by atoms with Gasteiger partial charge in [0.15, 0.2) is 0 Å². The summed E-state index contributed by atoms with van der Waals surface area (Å²) in [4.78, 5) is 11.1. The second kappa shape index (κ2) is 5.76. The Morgan fingerprint density at radius 3 is 2.61 bits per heavy atom. The molecule has 4 nitrogen and oxygen atoms in total. The Morgan fingerprint density at radius 2 is 2.00 bits per heavy atom. The molecule has 1 N–H and O–H groups in total. The first-order valence-electron chi connectivity index (χ1n) is 8.12. The van der Waals surface area contributed by atoms with Crippen LogP contribution in [0, 0.1) is 0 Å². The van der Waals surface area contributed by atoms with Gasteiger partial charge in [-0.2, -0.15) is 0 Å². The summed E-state index contributed by atoms with van der Waals surface area (Å²) in [5, 5.41) is 9.13. The number of fused-ring (bicyclic) bond motifs is 1. The van der Waals surface area contributed by atoms with Crippen molar-refractivity contribution in [2.45, 2.75) is 44.9 Å². The number of hydrogen-bond donors (Lipinski definition) is 1. The molecule has 1 aliphatic rings.